The fraction of sp³-hybridized carbons (Fsp3) is 0.294. The summed E-state index contributed by atoms with van der Waals surface area (Å²) >= 11 is 7.12. The van der Waals surface area contributed by atoms with Crippen LogP contribution in [0.3, 0.4) is 0 Å². The second-order valence-electron chi connectivity index (χ2n) is 5.39. The molecule has 3 heteroatoms. The van der Waals surface area contributed by atoms with E-state index in [1.807, 2.05) is 0 Å². The molecule has 1 aliphatic carbocycles. The van der Waals surface area contributed by atoms with Crippen molar-refractivity contribution < 1.29 is 0 Å². The second-order valence-corrected chi connectivity index (χ2v) is 7.16. The summed E-state index contributed by atoms with van der Waals surface area (Å²) in [7, 11) is 0. The van der Waals surface area contributed by atoms with E-state index in [9.17, 15) is 0 Å². The molecule has 2 aromatic carbocycles. The second kappa shape index (κ2) is 6.42. The summed E-state index contributed by atoms with van der Waals surface area (Å²) in [6, 6.07) is 17.8. The van der Waals surface area contributed by atoms with Gasteiger partial charge in [-0.1, -0.05) is 62.2 Å². The van der Waals surface area contributed by atoms with Gasteiger partial charge in [0.1, 0.15) is 0 Å². The van der Waals surface area contributed by atoms with Crippen molar-refractivity contribution >= 4 is 31.9 Å². The molecule has 0 unspecified atom stereocenters. The van der Waals surface area contributed by atoms with Gasteiger partial charge in [0.25, 0.3) is 0 Å². The Labute approximate surface area is 137 Å². The number of hydrogen-bond acceptors (Lipinski definition) is 1. The van der Waals surface area contributed by atoms with Gasteiger partial charge in [-0.15, -0.1) is 0 Å². The van der Waals surface area contributed by atoms with Crippen molar-refractivity contribution in [3.8, 4) is 0 Å². The third-order valence-electron chi connectivity index (χ3n) is 3.99. The first-order valence-electron chi connectivity index (χ1n) is 6.94. The topological polar surface area (TPSA) is 12.0 Å². The molecule has 104 valence electrons. The minimum Gasteiger partial charge on any atom is -0.310 e. The molecule has 3 rings (SSSR count). The third-order valence-corrected chi connectivity index (χ3v) is 5.24. The molecule has 0 heterocycles. The molecule has 0 amide bonds. The Hall–Kier alpha value is -0.640. The van der Waals surface area contributed by atoms with E-state index >= 15 is 0 Å². The van der Waals surface area contributed by atoms with Crippen molar-refractivity contribution in [3.63, 3.8) is 0 Å². The normalized spacial score (nSPS) is 21.5. The highest BCUT2D eigenvalue weighted by Gasteiger charge is 2.30. The maximum atomic E-state index is 3.65. The fourth-order valence-electron chi connectivity index (χ4n) is 2.71. The lowest BCUT2D eigenvalue weighted by Crippen LogP contribution is -2.39. The summed E-state index contributed by atoms with van der Waals surface area (Å²) in [6.45, 7) is 0.959. The Balaban J connectivity index is 1.49. The molecule has 2 aromatic rings. The molecule has 0 aliphatic heterocycles. The number of hydrogen-bond donors (Lipinski definition) is 1. The van der Waals surface area contributed by atoms with Crippen LogP contribution in [0.5, 0.6) is 0 Å². The molecule has 0 saturated heterocycles. The Bertz CT molecular complexity index is 574. The molecule has 1 fully saturated rings. The third kappa shape index (κ3) is 3.33. The summed E-state index contributed by atoms with van der Waals surface area (Å²) < 4.78 is 2.38. The Morgan fingerprint density at radius 3 is 2.35 bits per heavy atom. The predicted molar refractivity (Wildman–Crippen MR) is 90.9 cm³/mol. The van der Waals surface area contributed by atoms with Gasteiger partial charge in [0.05, 0.1) is 0 Å². The number of nitrogens with one attached hydrogen (secondary N) is 1. The summed E-state index contributed by atoms with van der Waals surface area (Å²) in [5.41, 5.74) is 2.80. The largest absolute Gasteiger partial charge is 0.310 e. The van der Waals surface area contributed by atoms with Crippen LogP contribution in [0, 0.1) is 0 Å². The lowest BCUT2D eigenvalue weighted by atomic mass is 9.76. The van der Waals surface area contributed by atoms with Gasteiger partial charge >= 0.3 is 0 Å². The van der Waals surface area contributed by atoms with E-state index in [0.717, 1.165) is 11.0 Å². The van der Waals surface area contributed by atoms with Crippen molar-refractivity contribution in [1.29, 1.82) is 0 Å². The predicted octanol–water partition coefficient (Wildman–Crippen LogP) is 5.25. The zero-order valence-electron chi connectivity index (χ0n) is 11.2. The molecular weight excluding hydrogens is 378 g/mol. The Morgan fingerprint density at radius 2 is 1.65 bits per heavy atom. The van der Waals surface area contributed by atoms with Crippen LogP contribution >= 0.6 is 31.9 Å². The van der Waals surface area contributed by atoms with Crippen molar-refractivity contribution in [2.75, 3.05) is 0 Å². The van der Waals surface area contributed by atoms with E-state index in [2.05, 4.69) is 85.7 Å². The number of benzene rings is 2. The first-order valence-corrected chi connectivity index (χ1v) is 8.53. The van der Waals surface area contributed by atoms with Crippen LogP contribution in [0.1, 0.15) is 29.9 Å². The summed E-state index contributed by atoms with van der Waals surface area (Å²) in [5, 5.41) is 3.64. The van der Waals surface area contributed by atoms with E-state index in [-0.39, 0.29) is 0 Å². The zero-order chi connectivity index (χ0) is 13.9. The van der Waals surface area contributed by atoms with Crippen LogP contribution in [0.4, 0.5) is 0 Å². The van der Waals surface area contributed by atoms with Crippen molar-refractivity contribution in [2.45, 2.75) is 31.3 Å². The standard InChI is InChI=1S/C17H17Br2N/c18-14-7-5-12(6-8-14)11-20-15-9-13(10-15)16-3-1-2-4-17(16)19/h1-8,13,15,20H,9-11H2. The van der Waals surface area contributed by atoms with Crippen LogP contribution in [-0.4, -0.2) is 6.04 Å². The number of halogens is 2. The Morgan fingerprint density at radius 1 is 0.950 bits per heavy atom. The van der Waals surface area contributed by atoms with Crippen LogP contribution in [0.2, 0.25) is 0 Å². The average Bonchev–Trinajstić information content (AvgIpc) is 2.41. The molecule has 1 nitrogen and oxygen atoms in total. The summed E-state index contributed by atoms with van der Waals surface area (Å²) in [4.78, 5) is 0. The molecule has 0 radical (unpaired) electrons. The Kier molecular flexibility index (Phi) is 4.59. The van der Waals surface area contributed by atoms with E-state index < -0.39 is 0 Å². The van der Waals surface area contributed by atoms with Gasteiger partial charge in [0.2, 0.25) is 0 Å². The quantitative estimate of drug-likeness (QED) is 0.746. The fourth-order valence-corrected chi connectivity index (χ4v) is 3.58. The van der Waals surface area contributed by atoms with Crippen LogP contribution in [0.15, 0.2) is 57.5 Å². The average molecular weight is 395 g/mol. The first kappa shape index (κ1) is 14.3. The zero-order valence-corrected chi connectivity index (χ0v) is 14.3. The minimum absolute atomic E-state index is 0.649. The number of rotatable bonds is 4. The van der Waals surface area contributed by atoms with E-state index in [1.54, 1.807) is 0 Å². The summed E-state index contributed by atoms with van der Waals surface area (Å²) in [6.07, 6.45) is 2.47. The van der Waals surface area contributed by atoms with Gasteiger partial charge in [0.15, 0.2) is 0 Å². The molecule has 1 N–H and O–H groups in total. The first-order chi connectivity index (χ1) is 9.72. The summed E-state index contributed by atoms with van der Waals surface area (Å²) in [5.74, 6) is 0.702. The lowest BCUT2D eigenvalue weighted by molar-refractivity contribution is 0.289. The van der Waals surface area contributed by atoms with Crippen molar-refractivity contribution in [1.82, 2.24) is 5.32 Å². The molecule has 0 spiro atoms. The van der Waals surface area contributed by atoms with Gasteiger partial charge in [-0.05, 0) is 48.1 Å². The molecule has 1 saturated carbocycles. The SMILES string of the molecule is Brc1ccc(CNC2CC(c3ccccc3Br)C2)cc1. The molecule has 20 heavy (non-hydrogen) atoms. The van der Waals surface area contributed by atoms with Gasteiger partial charge in [0, 0.05) is 21.5 Å². The minimum atomic E-state index is 0.649. The van der Waals surface area contributed by atoms with E-state index in [1.165, 1.54) is 28.4 Å². The van der Waals surface area contributed by atoms with Crippen molar-refractivity contribution in [3.05, 3.63) is 68.6 Å². The maximum absolute atomic E-state index is 3.65. The lowest BCUT2D eigenvalue weighted by Gasteiger charge is -2.37. The molecule has 0 bridgehead atoms. The van der Waals surface area contributed by atoms with E-state index in [0.29, 0.717) is 12.0 Å². The highest BCUT2D eigenvalue weighted by molar-refractivity contribution is 9.10. The van der Waals surface area contributed by atoms with Gasteiger partial charge in [-0.3, -0.25) is 0 Å². The van der Waals surface area contributed by atoms with Gasteiger partial charge < -0.3 is 5.32 Å². The maximum Gasteiger partial charge on any atom is 0.0210 e. The van der Waals surface area contributed by atoms with E-state index in [4.69, 9.17) is 0 Å². The monoisotopic (exact) mass is 393 g/mol. The van der Waals surface area contributed by atoms with Crippen LogP contribution < -0.4 is 5.32 Å². The smallest absolute Gasteiger partial charge is 0.0210 e. The molecular formula is C17H17Br2N. The highest BCUT2D eigenvalue weighted by Crippen LogP contribution is 2.40. The van der Waals surface area contributed by atoms with Crippen molar-refractivity contribution in [2.24, 2.45) is 0 Å². The molecule has 1 aliphatic rings. The molecule has 0 aromatic heterocycles. The van der Waals surface area contributed by atoms with Crippen LogP contribution in [-0.2, 0) is 6.54 Å². The van der Waals surface area contributed by atoms with Crippen LogP contribution in [0.25, 0.3) is 0 Å². The van der Waals surface area contributed by atoms with Gasteiger partial charge in [-0.25, -0.2) is 0 Å². The van der Waals surface area contributed by atoms with Gasteiger partial charge in [-0.2, -0.15) is 0 Å². The molecule has 0 atom stereocenters. The highest BCUT2D eigenvalue weighted by atomic mass is 79.9.